The molecule has 0 radical (unpaired) electrons. The molecule has 0 amide bonds. The number of hydrogen-bond donors (Lipinski definition) is 2. The minimum Gasteiger partial charge on any atom is -0.481 e. The molecular formula is C17H22BrNO2. The number of hydrogen-bond acceptors (Lipinski definition) is 2. The van der Waals surface area contributed by atoms with Gasteiger partial charge in [-0.2, -0.15) is 0 Å². The van der Waals surface area contributed by atoms with Gasteiger partial charge in [0, 0.05) is 17.5 Å². The first-order chi connectivity index (χ1) is 9.65. The standard InChI is InChI=1S/C17H21NO2.BrH/c1-2-17-9-15-11(16(19)20)8-13(17)14(18-15)7-10-5-3-4-6-12(10)17;/h3-6,11,13-15,18H,2,7-9H2,1H3,(H,19,20);1H/t11?,13?,14?,15?,17-;/m1./s1. The third-order valence-electron chi connectivity index (χ3n) is 6.14. The molecule has 1 aromatic carbocycles. The molecule has 4 heteroatoms. The quantitative estimate of drug-likeness (QED) is 0.861. The topological polar surface area (TPSA) is 49.3 Å². The summed E-state index contributed by atoms with van der Waals surface area (Å²) in [6.07, 6.45) is 4.01. The van der Waals surface area contributed by atoms with Crippen LogP contribution in [0.25, 0.3) is 0 Å². The van der Waals surface area contributed by atoms with E-state index in [2.05, 4.69) is 36.5 Å². The largest absolute Gasteiger partial charge is 0.481 e. The molecule has 114 valence electrons. The number of piperidine rings is 2. The highest BCUT2D eigenvalue weighted by Crippen LogP contribution is 2.56. The molecule has 2 aliphatic carbocycles. The van der Waals surface area contributed by atoms with E-state index in [-0.39, 0.29) is 34.4 Å². The Kier molecular flexibility index (Phi) is 3.65. The molecular weight excluding hydrogens is 330 g/mol. The lowest BCUT2D eigenvalue weighted by Crippen LogP contribution is -2.69. The number of carboxylic acids is 1. The van der Waals surface area contributed by atoms with Crippen LogP contribution in [0.15, 0.2) is 24.3 Å². The number of benzene rings is 1. The van der Waals surface area contributed by atoms with Crippen molar-refractivity contribution in [1.29, 1.82) is 0 Å². The van der Waals surface area contributed by atoms with Crippen molar-refractivity contribution >= 4 is 23.0 Å². The van der Waals surface area contributed by atoms with Gasteiger partial charge in [0.1, 0.15) is 0 Å². The Morgan fingerprint density at radius 3 is 2.81 bits per heavy atom. The van der Waals surface area contributed by atoms with E-state index in [1.807, 2.05) is 0 Å². The van der Waals surface area contributed by atoms with Gasteiger partial charge in [0.15, 0.2) is 0 Å². The number of carbonyl (C=O) groups is 1. The Bertz CT molecular complexity index is 576. The fourth-order valence-electron chi connectivity index (χ4n) is 5.27. The number of aliphatic carboxylic acids is 1. The average molecular weight is 352 g/mol. The zero-order chi connectivity index (χ0) is 13.9. The smallest absolute Gasteiger partial charge is 0.308 e. The zero-order valence-electron chi connectivity index (χ0n) is 12.2. The summed E-state index contributed by atoms with van der Waals surface area (Å²) >= 11 is 0. The molecule has 1 aromatic rings. The first kappa shape index (κ1) is 15.0. The van der Waals surface area contributed by atoms with Crippen LogP contribution in [0.1, 0.15) is 37.3 Å². The second-order valence-corrected chi connectivity index (χ2v) is 6.74. The summed E-state index contributed by atoms with van der Waals surface area (Å²) in [5, 5.41) is 13.1. The van der Waals surface area contributed by atoms with E-state index < -0.39 is 5.97 Å². The van der Waals surface area contributed by atoms with E-state index in [4.69, 9.17) is 0 Å². The molecule has 4 aliphatic rings. The maximum Gasteiger partial charge on any atom is 0.308 e. The normalized spacial score (nSPS) is 39.3. The van der Waals surface area contributed by atoms with Gasteiger partial charge in [-0.1, -0.05) is 31.2 Å². The maximum atomic E-state index is 11.5. The van der Waals surface area contributed by atoms with E-state index in [0.29, 0.717) is 12.0 Å². The monoisotopic (exact) mass is 351 g/mol. The first-order valence-electron chi connectivity index (χ1n) is 7.73. The molecule has 2 heterocycles. The molecule has 5 rings (SSSR count). The number of carboxylic acid groups (broad SMARTS) is 1. The van der Waals surface area contributed by atoms with Gasteiger partial charge in [-0.25, -0.2) is 0 Å². The van der Waals surface area contributed by atoms with Gasteiger partial charge < -0.3 is 10.4 Å². The molecule has 21 heavy (non-hydrogen) atoms. The highest BCUT2D eigenvalue weighted by Gasteiger charge is 2.58. The van der Waals surface area contributed by atoms with Crippen molar-refractivity contribution in [3.63, 3.8) is 0 Å². The summed E-state index contributed by atoms with van der Waals surface area (Å²) in [5.74, 6) is -0.334. The minimum atomic E-state index is -0.621. The highest BCUT2D eigenvalue weighted by atomic mass is 79.9. The molecule has 2 saturated heterocycles. The van der Waals surface area contributed by atoms with Gasteiger partial charge in [0.25, 0.3) is 0 Å². The van der Waals surface area contributed by atoms with Crippen molar-refractivity contribution in [3.8, 4) is 0 Å². The van der Waals surface area contributed by atoms with Gasteiger partial charge in [0.05, 0.1) is 5.92 Å². The fourth-order valence-corrected chi connectivity index (χ4v) is 5.27. The van der Waals surface area contributed by atoms with Crippen molar-refractivity contribution in [2.75, 3.05) is 0 Å². The van der Waals surface area contributed by atoms with Crippen molar-refractivity contribution in [2.24, 2.45) is 11.8 Å². The highest BCUT2D eigenvalue weighted by molar-refractivity contribution is 8.93. The molecule has 2 N–H and O–H groups in total. The van der Waals surface area contributed by atoms with Gasteiger partial charge in [-0.3, -0.25) is 4.79 Å². The Hall–Kier alpha value is -0.870. The molecule has 4 unspecified atom stereocenters. The van der Waals surface area contributed by atoms with Crippen LogP contribution in [0.4, 0.5) is 0 Å². The SMILES string of the molecule is Br.CC[C@@]12CC3NC(Cc4ccccc41)C2CC3C(=O)O. The molecule has 4 bridgehead atoms. The van der Waals surface area contributed by atoms with Crippen LogP contribution in [0, 0.1) is 11.8 Å². The fraction of sp³-hybridized carbons (Fsp3) is 0.588. The van der Waals surface area contributed by atoms with Crippen molar-refractivity contribution in [3.05, 3.63) is 35.4 Å². The summed E-state index contributed by atoms with van der Waals surface area (Å²) in [6.45, 7) is 2.27. The number of nitrogens with one attached hydrogen (secondary N) is 1. The Morgan fingerprint density at radius 1 is 1.38 bits per heavy atom. The molecule has 2 aliphatic heterocycles. The molecule has 5 atom stereocenters. The molecule has 3 fully saturated rings. The second-order valence-electron chi connectivity index (χ2n) is 6.74. The van der Waals surface area contributed by atoms with Crippen LogP contribution in [-0.4, -0.2) is 23.2 Å². The van der Waals surface area contributed by atoms with Gasteiger partial charge in [-0.15, -0.1) is 17.0 Å². The second kappa shape index (κ2) is 5.10. The van der Waals surface area contributed by atoms with Crippen molar-refractivity contribution < 1.29 is 9.90 Å². The lowest BCUT2D eigenvalue weighted by Gasteiger charge is -2.61. The van der Waals surface area contributed by atoms with Crippen LogP contribution in [0.2, 0.25) is 0 Å². The summed E-state index contributed by atoms with van der Waals surface area (Å²) in [7, 11) is 0. The van der Waals surface area contributed by atoms with E-state index in [9.17, 15) is 9.90 Å². The molecule has 0 aromatic heterocycles. The summed E-state index contributed by atoms with van der Waals surface area (Å²) in [4.78, 5) is 11.5. The van der Waals surface area contributed by atoms with Crippen LogP contribution in [0.5, 0.6) is 0 Å². The Balaban J connectivity index is 0.00000132. The van der Waals surface area contributed by atoms with E-state index in [1.54, 1.807) is 0 Å². The summed E-state index contributed by atoms with van der Waals surface area (Å²) in [6, 6.07) is 9.42. The number of fused-ring (bicyclic) bond motifs is 2. The third-order valence-corrected chi connectivity index (χ3v) is 6.14. The van der Waals surface area contributed by atoms with E-state index in [0.717, 1.165) is 25.7 Å². The predicted octanol–water partition coefficient (Wildman–Crippen LogP) is 2.92. The van der Waals surface area contributed by atoms with Crippen LogP contribution < -0.4 is 5.32 Å². The zero-order valence-corrected chi connectivity index (χ0v) is 13.9. The predicted molar refractivity (Wildman–Crippen MR) is 87.0 cm³/mol. The van der Waals surface area contributed by atoms with Crippen LogP contribution in [-0.2, 0) is 16.6 Å². The van der Waals surface area contributed by atoms with Crippen molar-refractivity contribution in [1.82, 2.24) is 5.32 Å². The third kappa shape index (κ3) is 1.92. The molecule has 1 saturated carbocycles. The minimum absolute atomic E-state index is 0. The lowest BCUT2D eigenvalue weighted by molar-refractivity contribution is -0.149. The van der Waals surface area contributed by atoms with Gasteiger partial charge in [0.2, 0.25) is 0 Å². The van der Waals surface area contributed by atoms with Crippen molar-refractivity contribution in [2.45, 2.75) is 50.1 Å². The van der Waals surface area contributed by atoms with Gasteiger partial charge >= 0.3 is 5.97 Å². The summed E-state index contributed by atoms with van der Waals surface area (Å²) < 4.78 is 0. The van der Waals surface area contributed by atoms with Crippen LogP contribution >= 0.6 is 17.0 Å². The Morgan fingerprint density at radius 2 is 2.14 bits per heavy atom. The maximum absolute atomic E-state index is 11.5. The number of halogens is 1. The molecule has 0 spiro atoms. The lowest BCUT2D eigenvalue weighted by atomic mass is 9.49. The van der Waals surface area contributed by atoms with Gasteiger partial charge in [-0.05, 0) is 42.7 Å². The van der Waals surface area contributed by atoms with Crippen LogP contribution in [0.3, 0.4) is 0 Å². The summed E-state index contributed by atoms with van der Waals surface area (Å²) in [5.41, 5.74) is 3.18. The first-order valence-corrected chi connectivity index (χ1v) is 7.73. The average Bonchev–Trinajstić information content (AvgIpc) is 2.46. The number of rotatable bonds is 2. The van der Waals surface area contributed by atoms with E-state index in [1.165, 1.54) is 11.1 Å². The Labute approximate surface area is 135 Å². The van der Waals surface area contributed by atoms with E-state index >= 15 is 0 Å². The molecule has 3 nitrogen and oxygen atoms in total.